The lowest BCUT2D eigenvalue weighted by Crippen LogP contribution is -2.33. The molecule has 1 unspecified atom stereocenters. The number of ether oxygens (including phenoxy) is 1. The van der Waals surface area contributed by atoms with Crippen LogP contribution in [0.1, 0.15) is 54.3 Å². The number of aryl methyl sites for hydroxylation is 1. The van der Waals surface area contributed by atoms with Gasteiger partial charge in [-0.25, -0.2) is 14.2 Å². The number of carboxylic acid groups (broad SMARTS) is 1. The number of fused-ring (bicyclic) bond motifs is 2. The van der Waals surface area contributed by atoms with Crippen molar-refractivity contribution in [2.45, 2.75) is 68.9 Å². The molecule has 2 aromatic heterocycles. The summed E-state index contributed by atoms with van der Waals surface area (Å²) in [6, 6.07) is 14.4. The van der Waals surface area contributed by atoms with Crippen LogP contribution in [0.5, 0.6) is 17.5 Å². The highest BCUT2D eigenvalue weighted by Crippen LogP contribution is 2.50. The molecule has 20 nitrogen and oxygen atoms in total. The number of carbonyl (C=O) groups excluding carboxylic acids is 1. The number of anilines is 1. The zero-order valence-corrected chi connectivity index (χ0v) is 36.6. The number of carbonyl (C=O) groups is 2. The van der Waals surface area contributed by atoms with Crippen LogP contribution in [-0.2, 0) is 34.2 Å². The first kappa shape index (κ1) is 46.8. The number of phosphoric acid groups is 1. The quantitative estimate of drug-likeness (QED) is 0.0220. The normalized spacial score (nSPS) is 17.1. The number of phenolic OH excluding ortho intramolecular Hbond substituents is 1. The number of thioether (sulfide) groups is 1. The molecule has 1 aliphatic carbocycles. The third kappa shape index (κ3) is 10.7. The lowest BCUT2D eigenvalue weighted by atomic mass is 9.90. The number of unbranched alkanes of at least 4 members (excludes halogenated alkanes) is 2. The summed E-state index contributed by atoms with van der Waals surface area (Å²) in [6.45, 7) is 1.18. The monoisotopic (exact) mass is 936 g/mol. The Labute approximate surface area is 372 Å². The van der Waals surface area contributed by atoms with Crippen molar-refractivity contribution >= 4 is 48.1 Å². The number of carboxylic acids is 1. The zero-order valence-electron chi connectivity index (χ0n) is 34.9. The lowest BCUT2D eigenvalue weighted by Gasteiger charge is -2.20. The van der Waals surface area contributed by atoms with Crippen LogP contribution in [0.4, 0.5) is 5.69 Å². The number of aromatic hydroxyl groups is 3. The fraction of sp³-hybridized carbons (Fsp3) is 0.326. The summed E-state index contributed by atoms with van der Waals surface area (Å²) in [5.41, 5.74) is 0.363. The maximum Gasteiger partial charge on any atom is 0.474 e. The Balaban J connectivity index is 0.865. The fourth-order valence-corrected chi connectivity index (χ4v) is 9.26. The van der Waals surface area contributed by atoms with Gasteiger partial charge in [-0.15, -0.1) is 11.8 Å². The maximum atomic E-state index is 13.1. The zero-order chi connectivity index (χ0) is 46.6. The second-order valence-corrected chi connectivity index (χ2v) is 18.0. The number of benzene rings is 3. The summed E-state index contributed by atoms with van der Waals surface area (Å²) < 4.78 is 42.9. The Kier molecular flexibility index (Phi) is 14.3. The van der Waals surface area contributed by atoms with E-state index in [0.29, 0.717) is 46.2 Å². The van der Waals surface area contributed by atoms with E-state index in [1.54, 1.807) is 24.3 Å². The number of hydrogen-bond donors (Lipinski definition) is 7. The number of aromatic amines is 1. The second kappa shape index (κ2) is 19.9. The number of H-pyrrole nitrogens is 1. The molecular formula is C43H45N4O16PS. The Morgan fingerprint density at radius 1 is 0.985 bits per heavy atom. The number of hydrogen-bond acceptors (Lipinski definition) is 16. The van der Waals surface area contributed by atoms with Gasteiger partial charge in [-0.2, -0.15) is 0 Å². The summed E-state index contributed by atoms with van der Waals surface area (Å²) in [4.78, 5) is 64.1. The van der Waals surface area contributed by atoms with Gasteiger partial charge in [0.1, 0.15) is 29.4 Å². The summed E-state index contributed by atoms with van der Waals surface area (Å²) >= 11 is 1.11. The molecule has 2 aromatic carbocycles. The van der Waals surface area contributed by atoms with Gasteiger partial charge in [0.2, 0.25) is 11.8 Å². The molecule has 0 saturated carbocycles. The molecule has 1 amide bonds. The molecule has 0 radical (unpaired) electrons. The highest BCUT2D eigenvalue weighted by atomic mass is 32.2. The molecule has 4 heterocycles. The van der Waals surface area contributed by atoms with Crippen LogP contribution >= 0.6 is 19.6 Å². The van der Waals surface area contributed by atoms with E-state index in [1.165, 1.54) is 54.1 Å². The molecule has 7 N–H and O–H groups in total. The molecule has 65 heavy (non-hydrogen) atoms. The van der Waals surface area contributed by atoms with E-state index < -0.39 is 50.1 Å². The van der Waals surface area contributed by atoms with E-state index in [2.05, 4.69) is 10.3 Å². The van der Waals surface area contributed by atoms with Crippen molar-refractivity contribution < 1.29 is 62.4 Å². The molecule has 22 heteroatoms. The largest absolute Gasteiger partial charge is 0.508 e. The Bertz CT molecular complexity index is 2940. The predicted octanol–water partition coefficient (Wildman–Crippen LogP) is 5.77. The molecule has 3 aliphatic rings. The minimum absolute atomic E-state index is 0.00351. The number of rotatable bonds is 19. The van der Waals surface area contributed by atoms with Gasteiger partial charge in [0.15, 0.2) is 11.3 Å². The molecule has 4 aromatic rings. The van der Waals surface area contributed by atoms with Crippen LogP contribution in [0, 0.1) is 6.92 Å². The standard InChI is InChI=1S/C43H45N4O16PS/c1-23-21-47(43(57)45-40(23)53)38-19-31(50)34(63-38)22-61-64(58,59-2)60-14-15-65-35-20-37(52)46(41(35)54)13-5-3-4-6-36(51)44-24-7-10-27(30(16-24)42(55)56)39-28-11-8-25(48)17-32(28)62-33-18-26(49)9-12-29(33)39/h7-12,16-18,20-21,31,34,38,48,50,52,54H,3-6,13-15,19,22H2,1-2H3,(H,44,51)(H,55,56)(H,45,53,57)/t31-,34-,38-,64?/m1/s1. The number of aromatic nitrogens is 3. The highest BCUT2D eigenvalue weighted by Gasteiger charge is 2.38. The molecule has 7 rings (SSSR count). The van der Waals surface area contributed by atoms with Crippen molar-refractivity contribution in [1.82, 2.24) is 14.1 Å². The third-order valence-corrected chi connectivity index (χ3v) is 13.0. The van der Waals surface area contributed by atoms with E-state index in [9.17, 15) is 54.1 Å². The van der Waals surface area contributed by atoms with E-state index in [4.69, 9.17) is 22.7 Å². The van der Waals surface area contributed by atoms with E-state index >= 15 is 0 Å². The highest BCUT2D eigenvalue weighted by molar-refractivity contribution is 7.99. The summed E-state index contributed by atoms with van der Waals surface area (Å²) in [5.74, 6) is -1.72. The van der Waals surface area contributed by atoms with Gasteiger partial charge in [0.25, 0.3) is 5.56 Å². The van der Waals surface area contributed by atoms with Gasteiger partial charge in [-0.3, -0.25) is 42.1 Å². The number of aliphatic hydroxyl groups is 1. The lowest BCUT2D eigenvalue weighted by molar-refractivity contribution is -0.116. The Morgan fingerprint density at radius 2 is 1.77 bits per heavy atom. The topological polar surface area (TPSA) is 291 Å². The van der Waals surface area contributed by atoms with Crippen molar-refractivity contribution in [1.29, 1.82) is 0 Å². The third-order valence-electron chi connectivity index (χ3n) is 10.6. The van der Waals surface area contributed by atoms with Gasteiger partial charge >= 0.3 is 19.5 Å². The predicted molar refractivity (Wildman–Crippen MR) is 236 cm³/mol. The van der Waals surface area contributed by atoms with E-state index in [1.807, 2.05) is 0 Å². The van der Waals surface area contributed by atoms with Gasteiger partial charge in [0.05, 0.1) is 29.8 Å². The van der Waals surface area contributed by atoms with E-state index in [0.717, 1.165) is 23.4 Å². The van der Waals surface area contributed by atoms with Gasteiger partial charge in [-0.1, -0.05) is 12.5 Å². The molecule has 0 bridgehead atoms. The van der Waals surface area contributed by atoms with Crippen molar-refractivity contribution in [3.8, 4) is 40.0 Å². The first-order chi connectivity index (χ1) is 31.0. The molecule has 344 valence electrons. The first-order valence-electron chi connectivity index (χ1n) is 20.3. The summed E-state index contributed by atoms with van der Waals surface area (Å²) in [5, 5.41) is 55.4. The smallest absolute Gasteiger partial charge is 0.474 e. The Morgan fingerprint density at radius 3 is 2.54 bits per heavy atom. The minimum Gasteiger partial charge on any atom is -0.508 e. The molecule has 2 aliphatic heterocycles. The number of nitrogens with zero attached hydrogens (tertiary/aromatic N) is 2. The summed E-state index contributed by atoms with van der Waals surface area (Å²) in [6.07, 6.45) is -0.0899. The van der Waals surface area contributed by atoms with Gasteiger partial charge < -0.3 is 40.0 Å². The van der Waals surface area contributed by atoms with Crippen molar-refractivity contribution in [2.75, 3.05) is 31.4 Å². The van der Waals surface area contributed by atoms with E-state index in [-0.39, 0.29) is 88.7 Å². The number of aromatic carboxylic acids is 1. The molecule has 1 saturated heterocycles. The minimum atomic E-state index is -4.13. The van der Waals surface area contributed by atoms with Crippen molar-refractivity contribution in [2.24, 2.45) is 0 Å². The average molecular weight is 937 g/mol. The van der Waals surface area contributed by atoms with Gasteiger partial charge in [-0.05, 0) is 61.7 Å². The number of phosphoric ester groups is 1. The molecule has 1 fully saturated rings. The molecular weight excluding hydrogens is 892 g/mol. The van der Waals surface area contributed by atoms with Crippen LogP contribution in [0.25, 0.3) is 33.4 Å². The SMILES string of the molecule is COP(=O)(OCCSc1cc(O)n(CCCCCC(=O)Nc2ccc(-c3c4ccc(=O)cc-4oc4cc(O)ccc34)c(C(=O)O)c2)c1O)OC[C@H]1O[C@@H](n2cc(C)c(=O)[nH]c2=O)C[C@H]1O. The van der Waals surface area contributed by atoms with Crippen molar-refractivity contribution in [3.05, 3.63) is 109 Å². The molecule has 4 atom stereocenters. The number of amides is 1. The second-order valence-electron chi connectivity index (χ2n) is 15.1. The Hall–Kier alpha value is -6.19. The molecule has 0 spiro atoms. The van der Waals surface area contributed by atoms with Crippen LogP contribution in [-0.4, -0.2) is 89.8 Å². The number of phenols is 1. The van der Waals surface area contributed by atoms with Crippen LogP contribution in [0.3, 0.4) is 0 Å². The summed E-state index contributed by atoms with van der Waals surface area (Å²) in [7, 11) is -3.01. The maximum absolute atomic E-state index is 13.1. The average Bonchev–Trinajstić information content (AvgIpc) is 3.77. The number of nitrogens with one attached hydrogen (secondary N) is 2. The fourth-order valence-electron chi connectivity index (χ4n) is 7.39. The van der Waals surface area contributed by atoms with Crippen molar-refractivity contribution in [3.63, 3.8) is 0 Å². The van der Waals surface area contributed by atoms with Crippen LogP contribution in [0.2, 0.25) is 0 Å². The van der Waals surface area contributed by atoms with Crippen LogP contribution in [0.15, 0.2) is 90.6 Å². The number of aliphatic hydroxyl groups excluding tert-OH is 1. The first-order valence-corrected chi connectivity index (χ1v) is 22.7. The van der Waals surface area contributed by atoms with Crippen LogP contribution < -0.4 is 22.0 Å². The van der Waals surface area contributed by atoms with Gasteiger partial charge in [0, 0.05) is 84.4 Å².